The highest BCUT2D eigenvalue weighted by Gasteiger charge is 2.11. The highest BCUT2D eigenvalue weighted by molar-refractivity contribution is 7.17. The van der Waals surface area contributed by atoms with Gasteiger partial charge in [0.15, 0.2) is 4.96 Å². The van der Waals surface area contributed by atoms with Gasteiger partial charge in [-0.3, -0.25) is 4.40 Å². The SMILES string of the molecule is CCC(C)c1ccc(-c2c(C)sc3nccn23)cc1. The fourth-order valence-electron chi connectivity index (χ4n) is 2.44. The van der Waals surface area contributed by atoms with Gasteiger partial charge < -0.3 is 0 Å². The van der Waals surface area contributed by atoms with Crippen LogP contribution in [-0.4, -0.2) is 9.38 Å². The van der Waals surface area contributed by atoms with Gasteiger partial charge in [0, 0.05) is 17.3 Å². The number of nitrogens with zero attached hydrogens (tertiary/aromatic N) is 2. The maximum absolute atomic E-state index is 4.37. The molecule has 0 radical (unpaired) electrons. The Kier molecular flexibility index (Phi) is 3.15. The Bertz CT molecular complexity index is 691. The fourth-order valence-corrected chi connectivity index (χ4v) is 3.39. The van der Waals surface area contributed by atoms with Gasteiger partial charge in [-0.2, -0.15) is 0 Å². The molecule has 0 saturated carbocycles. The molecule has 3 rings (SSSR count). The quantitative estimate of drug-likeness (QED) is 0.662. The summed E-state index contributed by atoms with van der Waals surface area (Å²) in [7, 11) is 0. The first kappa shape index (κ1) is 12.4. The second kappa shape index (κ2) is 4.82. The minimum absolute atomic E-state index is 0.630. The van der Waals surface area contributed by atoms with Gasteiger partial charge in [-0.05, 0) is 30.4 Å². The Morgan fingerprint density at radius 3 is 2.68 bits per heavy atom. The molecule has 0 aliphatic rings. The summed E-state index contributed by atoms with van der Waals surface area (Å²) in [6.07, 6.45) is 5.08. The molecular formula is C16H18N2S. The van der Waals surface area contributed by atoms with Crippen molar-refractivity contribution in [3.63, 3.8) is 0 Å². The first-order valence-electron chi connectivity index (χ1n) is 6.73. The van der Waals surface area contributed by atoms with Gasteiger partial charge in [0.1, 0.15) is 0 Å². The normalized spacial score (nSPS) is 13.0. The molecule has 1 aromatic carbocycles. The average molecular weight is 270 g/mol. The Morgan fingerprint density at radius 2 is 2.00 bits per heavy atom. The standard InChI is InChI=1S/C16H18N2S/c1-4-11(2)13-5-7-14(8-6-13)15-12(3)19-16-17-9-10-18(15)16/h5-11H,4H2,1-3H3. The second-order valence-corrected chi connectivity index (χ2v) is 6.20. The van der Waals surface area contributed by atoms with Gasteiger partial charge in [-0.15, -0.1) is 11.3 Å². The highest BCUT2D eigenvalue weighted by Crippen LogP contribution is 2.31. The summed E-state index contributed by atoms with van der Waals surface area (Å²) in [5.41, 5.74) is 3.96. The van der Waals surface area contributed by atoms with Crippen LogP contribution in [0.4, 0.5) is 0 Å². The molecule has 0 bridgehead atoms. The van der Waals surface area contributed by atoms with Crippen molar-refractivity contribution >= 4 is 16.3 Å². The number of aromatic nitrogens is 2. The molecule has 2 nitrogen and oxygen atoms in total. The van der Waals surface area contributed by atoms with Crippen LogP contribution in [0.15, 0.2) is 36.7 Å². The molecule has 0 spiro atoms. The van der Waals surface area contributed by atoms with Crippen molar-refractivity contribution in [2.45, 2.75) is 33.1 Å². The van der Waals surface area contributed by atoms with Gasteiger partial charge in [0.05, 0.1) is 5.69 Å². The van der Waals surface area contributed by atoms with Crippen molar-refractivity contribution in [3.05, 3.63) is 47.1 Å². The number of benzene rings is 1. The summed E-state index contributed by atoms with van der Waals surface area (Å²) in [5.74, 6) is 0.630. The first-order valence-corrected chi connectivity index (χ1v) is 7.55. The molecule has 1 unspecified atom stereocenters. The number of hydrogen-bond acceptors (Lipinski definition) is 2. The van der Waals surface area contributed by atoms with E-state index in [0.717, 1.165) is 4.96 Å². The molecule has 19 heavy (non-hydrogen) atoms. The number of hydrogen-bond donors (Lipinski definition) is 0. The lowest BCUT2D eigenvalue weighted by atomic mass is 9.97. The minimum Gasteiger partial charge on any atom is -0.290 e. The van der Waals surface area contributed by atoms with Crippen LogP contribution in [0.3, 0.4) is 0 Å². The topological polar surface area (TPSA) is 17.3 Å². The zero-order valence-corrected chi connectivity index (χ0v) is 12.4. The molecule has 0 saturated heterocycles. The van der Waals surface area contributed by atoms with Crippen molar-refractivity contribution in [3.8, 4) is 11.3 Å². The summed E-state index contributed by atoms with van der Waals surface area (Å²) in [4.78, 5) is 6.75. The maximum atomic E-state index is 4.37. The summed E-state index contributed by atoms with van der Waals surface area (Å²) in [6.45, 7) is 6.67. The van der Waals surface area contributed by atoms with E-state index < -0.39 is 0 Å². The molecule has 2 heterocycles. The van der Waals surface area contributed by atoms with Crippen LogP contribution in [0, 0.1) is 6.92 Å². The summed E-state index contributed by atoms with van der Waals surface area (Å²) >= 11 is 1.75. The molecule has 98 valence electrons. The van der Waals surface area contributed by atoms with E-state index in [9.17, 15) is 0 Å². The van der Waals surface area contributed by atoms with Gasteiger partial charge in [0.25, 0.3) is 0 Å². The first-order chi connectivity index (χ1) is 9.20. The number of aryl methyl sites for hydroxylation is 1. The van der Waals surface area contributed by atoms with E-state index in [4.69, 9.17) is 0 Å². The van der Waals surface area contributed by atoms with Crippen LogP contribution in [0.5, 0.6) is 0 Å². The summed E-state index contributed by atoms with van der Waals surface area (Å²) in [6, 6.07) is 8.97. The predicted octanol–water partition coefficient (Wildman–Crippen LogP) is 4.88. The largest absolute Gasteiger partial charge is 0.290 e. The van der Waals surface area contributed by atoms with Crippen LogP contribution in [-0.2, 0) is 0 Å². The van der Waals surface area contributed by atoms with E-state index in [1.165, 1.54) is 28.1 Å². The van der Waals surface area contributed by atoms with E-state index in [0.29, 0.717) is 5.92 Å². The van der Waals surface area contributed by atoms with Crippen LogP contribution >= 0.6 is 11.3 Å². The van der Waals surface area contributed by atoms with Gasteiger partial charge in [-0.25, -0.2) is 4.98 Å². The Balaban J connectivity index is 2.06. The van der Waals surface area contributed by atoms with Crippen molar-refractivity contribution in [2.24, 2.45) is 0 Å². The van der Waals surface area contributed by atoms with E-state index in [1.807, 2.05) is 12.4 Å². The van der Waals surface area contributed by atoms with E-state index in [-0.39, 0.29) is 0 Å². The molecule has 0 aliphatic carbocycles. The predicted molar refractivity (Wildman–Crippen MR) is 81.9 cm³/mol. The smallest absolute Gasteiger partial charge is 0.194 e. The average Bonchev–Trinajstić information content (AvgIpc) is 2.98. The van der Waals surface area contributed by atoms with E-state index >= 15 is 0 Å². The molecule has 0 amide bonds. The van der Waals surface area contributed by atoms with E-state index in [1.54, 1.807) is 11.3 Å². The number of rotatable bonds is 3. The monoisotopic (exact) mass is 270 g/mol. The van der Waals surface area contributed by atoms with Crippen LogP contribution in [0.25, 0.3) is 16.2 Å². The summed E-state index contributed by atoms with van der Waals surface area (Å²) < 4.78 is 2.18. The van der Waals surface area contributed by atoms with Crippen LogP contribution in [0.1, 0.15) is 36.6 Å². The molecule has 3 aromatic rings. The Morgan fingerprint density at radius 1 is 1.26 bits per heavy atom. The Hall–Kier alpha value is -1.61. The van der Waals surface area contributed by atoms with Crippen molar-refractivity contribution in [2.75, 3.05) is 0 Å². The van der Waals surface area contributed by atoms with Crippen molar-refractivity contribution in [1.82, 2.24) is 9.38 Å². The van der Waals surface area contributed by atoms with Crippen LogP contribution in [0.2, 0.25) is 0 Å². The third-order valence-electron chi connectivity index (χ3n) is 3.79. The number of thiazole rings is 1. The Labute approximate surface area is 117 Å². The second-order valence-electron chi connectivity index (χ2n) is 5.02. The minimum atomic E-state index is 0.630. The molecular weight excluding hydrogens is 252 g/mol. The van der Waals surface area contributed by atoms with E-state index in [2.05, 4.69) is 54.4 Å². The molecule has 2 aromatic heterocycles. The summed E-state index contributed by atoms with van der Waals surface area (Å²) in [5, 5.41) is 0. The molecule has 3 heteroatoms. The lowest BCUT2D eigenvalue weighted by Gasteiger charge is -2.10. The van der Waals surface area contributed by atoms with Gasteiger partial charge >= 0.3 is 0 Å². The third kappa shape index (κ3) is 2.08. The molecule has 0 N–H and O–H groups in total. The third-order valence-corrected chi connectivity index (χ3v) is 4.78. The number of imidazole rings is 1. The number of fused-ring (bicyclic) bond motifs is 1. The molecule has 0 aliphatic heterocycles. The maximum Gasteiger partial charge on any atom is 0.194 e. The molecule has 1 atom stereocenters. The molecule has 0 fully saturated rings. The zero-order valence-electron chi connectivity index (χ0n) is 11.6. The zero-order chi connectivity index (χ0) is 13.4. The van der Waals surface area contributed by atoms with Gasteiger partial charge in [0.2, 0.25) is 0 Å². The fraction of sp³-hybridized carbons (Fsp3) is 0.312. The van der Waals surface area contributed by atoms with Crippen LogP contribution < -0.4 is 0 Å². The van der Waals surface area contributed by atoms with Crippen molar-refractivity contribution < 1.29 is 0 Å². The van der Waals surface area contributed by atoms with Crippen molar-refractivity contribution in [1.29, 1.82) is 0 Å². The van der Waals surface area contributed by atoms with Gasteiger partial charge in [-0.1, -0.05) is 38.1 Å². The highest BCUT2D eigenvalue weighted by atomic mass is 32.1. The lowest BCUT2D eigenvalue weighted by molar-refractivity contribution is 0.734. The lowest BCUT2D eigenvalue weighted by Crippen LogP contribution is -1.92.